The summed E-state index contributed by atoms with van der Waals surface area (Å²) in [7, 11) is 0. The van der Waals surface area contributed by atoms with E-state index in [-0.39, 0.29) is 11.9 Å². The fourth-order valence-electron chi connectivity index (χ4n) is 1.98. The first-order valence-corrected chi connectivity index (χ1v) is 5.14. The van der Waals surface area contributed by atoms with Crippen LogP contribution in [-0.4, -0.2) is 15.3 Å². The van der Waals surface area contributed by atoms with Crippen LogP contribution in [-0.2, 0) is 4.84 Å². The van der Waals surface area contributed by atoms with Crippen molar-refractivity contribution in [2.24, 2.45) is 5.16 Å². The van der Waals surface area contributed by atoms with Crippen molar-refractivity contribution in [3.63, 3.8) is 0 Å². The lowest BCUT2D eigenvalue weighted by Gasteiger charge is -2.09. The highest BCUT2D eigenvalue weighted by Gasteiger charge is 2.23. The highest BCUT2D eigenvalue weighted by atomic mass is 16.7. The number of rotatable bonds is 1. The zero-order valence-corrected chi connectivity index (χ0v) is 8.80. The van der Waals surface area contributed by atoms with Crippen LogP contribution in [0.25, 0.3) is 11.0 Å². The van der Waals surface area contributed by atoms with Crippen LogP contribution < -0.4 is 5.69 Å². The van der Waals surface area contributed by atoms with Gasteiger partial charge < -0.3 is 9.82 Å². The van der Waals surface area contributed by atoms with Crippen molar-refractivity contribution in [3.8, 4) is 0 Å². The summed E-state index contributed by atoms with van der Waals surface area (Å²) in [6.07, 6.45) is 0.338. The second-order valence-electron chi connectivity index (χ2n) is 3.91. The molecule has 0 fully saturated rings. The first kappa shape index (κ1) is 9.21. The summed E-state index contributed by atoms with van der Waals surface area (Å²) < 4.78 is 1.61. The fraction of sp³-hybridized carbons (Fsp3) is 0.273. The number of nitrogens with zero attached hydrogens (tertiary/aromatic N) is 2. The number of H-pyrrole nitrogens is 1. The largest absolute Gasteiger partial charge is 0.370 e. The molecule has 0 saturated heterocycles. The predicted molar refractivity (Wildman–Crippen MR) is 60.4 cm³/mol. The van der Waals surface area contributed by atoms with E-state index in [4.69, 9.17) is 4.84 Å². The van der Waals surface area contributed by atoms with Gasteiger partial charge in [-0.05, 0) is 19.1 Å². The molecular formula is C11H11N3O2. The van der Waals surface area contributed by atoms with Crippen molar-refractivity contribution < 1.29 is 4.84 Å². The summed E-state index contributed by atoms with van der Waals surface area (Å²) >= 11 is 0. The summed E-state index contributed by atoms with van der Waals surface area (Å²) in [5, 5.41) is 3.86. The lowest BCUT2D eigenvalue weighted by Crippen LogP contribution is -2.22. The van der Waals surface area contributed by atoms with E-state index >= 15 is 0 Å². The first-order valence-electron chi connectivity index (χ1n) is 5.14. The highest BCUT2D eigenvalue weighted by molar-refractivity contribution is 5.83. The molecule has 1 aromatic carbocycles. The van der Waals surface area contributed by atoms with E-state index < -0.39 is 0 Å². The molecule has 3 rings (SSSR count). The molecule has 0 saturated carbocycles. The third-order valence-electron chi connectivity index (χ3n) is 2.71. The molecule has 0 spiro atoms. The molecule has 0 bridgehead atoms. The summed E-state index contributed by atoms with van der Waals surface area (Å²) in [6, 6.07) is 7.55. The maximum absolute atomic E-state index is 11.8. The quantitative estimate of drug-likeness (QED) is 0.789. The van der Waals surface area contributed by atoms with E-state index in [9.17, 15) is 4.79 Å². The number of oxime groups is 1. The first-order chi connectivity index (χ1) is 7.75. The van der Waals surface area contributed by atoms with E-state index in [1.165, 1.54) is 0 Å². The van der Waals surface area contributed by atoms with E-state index in [1.54, 1.807) is 4.57 Å². The molecule has 2 heterocycles. The average molecular weight is 217 g/mol. The van der Waals surface area contributed by atoms with Crippen molar-refractivity contribution in [3.05, 3.63) is 34.7 Å². The number of benzene rings is 1. The normalized spacial score (nSPS) is 19.8. The molecule has 5 heteroatoms. The maximum atomic E-state index is 11.8. The highest BCUT2D eigenvalue weighted by Crippen LogP contribution is 2.23. The Balaban J connectivity index is 2.16. The molecule has 82 valence electrons. The van der Waals surface area contributed by atoms with Crippen LogP contribution in [0.1, 0.15) is 19.6 Å². The van der Waals surface area contributed by atoms with Crippen LogP contribution in [0.2, 0.25) is 0 Å². The van der Waals surface area contributed by atoms with Crippen LogP contribution in [0.15, 0.2) is 34.2 Å². The summed E-state index contributed by atoms with van der Waals surface area (Å²) in [5.74, 6) is 0. The van der Waals surface area contributed by atoms with E-state index in [2.05, 4.69) is 10.1 Å². The maximum Gasteiger partial charge on any atom is 0.329 e. The molecule has 1 unspecified atom stereocenters. The van der Waals surface area contributed by atoms with E-state index in [0.717, 1.165) is 16.7 Å². The van der Waals surface area contributed by atoms with Gasteiger partial charge in [0.25, 0.3) is 0 Å². The van der Waals surface area contributed by atoms with Crippen molar-refractivity contribution in [1.29, 1.82) is 0 Å². The molecule has 0 radical (unpaired) electrons. The number of nitrogens with one attached hydrogen (secondary N) is 1. The number of hydrogen-bond acceptors (Lipinski definition) is 3. The molecule has 1 aliphatic rings. The SMILES string of the molecule is CC1=NOC(n2c(=O)[nH]c3ccccc32)C1. The van der Waals surface area contributed by atoms with Gasteiger partial charge in [-0.15, -0.1) is 0 Å². The third-order valence-corrected chi connectivity index (χ3v) is 2.71. The number of aromatic nitrogens is 2. The predicted octanol–water partition coefficient (Wildman–Crippen LogP) is 1.62. The second-order valence-corrected chi connectivity index (χ2v) is 3.91. The zero-order chi connectivity index (χ0) is 11.1. The van der Waals surface area contributed by atoms with Gasteiger partial charge >= 0.3 is 5.69 Å². The molecular weight excluding hydrogens is 206 g/mol. The topological polar surface area (TPSA) is 59.4 Å². The Morgan fingerprint density at radius 3 is 3.06 bits per heavy atom. The lowest BCUT2D eigenvalue weighted by atomic mass is 10.2. The van der Waals surface area contributed by atoms with Gasteiger partial charge in [0, 0.05) is 6.42 Å². The molecule has 1 aliphatic heterocycles. The Morgan fingerprint density at radius 2 is 2.31 bits per heavy atom. The van der Waals surface area contributed by atoms with Gasteiger partial charge in [0.1, 0.15) is 0 Å². The van der Waals surface area contributed by atoms with Crippen LogP contribution in [0, 0.1) is 0 Å². The van der Waals surface area contributed by atoms with Gasteiger partial charge in [-0.2, -0.15) is 0 Å². The standard InChI is InChI=1S/C11H11N3O2/c1-7-6-10(16-13-7)14-9-5-3-2-4-8(9)12-11(14)15/h2-5,10H,6H2,1H3,(H,12,15). The third kappa shape index (κ3) is 1.25. The molecule has 0 aliphatic carbocycles. The summed E-state index contributed by atoms with van der Waals surface area (Å²) in [5.41, 5.74) is 2.42. The Labute approximate surface area is 91.3 Å². The van der Waals surface area contributed by atoms with Crippen LogP contribution in [0.3, 0.4) is 0 Å². The molecule has 2 aromatic rings. The minimum Gasteiger partial charge on any atom is -0.370 e. The van der Waals surface area contributed by atoms with Crippen molar-refractivity contribution in [2.75, 3.05) is 0 Å². The fourth-order valence-corrected chi connectivity index (χ4v) is 1.98. The molecule has 1 aromatic heterocycles. The monoisotopic (exact) mass is 217 g/mol. The second kappa shape index (κ2) is 3.23. The summed E-state index contributed by atoms with van der Waals surface area (Å²) in [6.45, 7) is 1.89. The Hall–Kier alpha value is -2.04. The average Bonchev–Trinajstić information content (AvgIpc) is 2.80. The van der Waals surface area contributed by atoms with Gasteiger partial charge in [-0.1, -0.05) is 17.3 Å². The van der Waals surface area contributed by atoms with Gasteiger partial charge in [-0.3, -0.25) is 4.57 Å². The number of aromatic amines is 1. The Kier molecular flexibility index (Phi) is 1.86. The van der Waals surface area contributed by atoms with Gasteiger partial charge in [0.15, 0.2) is 0 Å². The van der Waals surface area contributed by atoms with Crippen LogP contribution in [0.4, 0.5) is 0 Å². The molecule has 1 atom stereocenters. The van der Waals surface area contributed by atoms with Gasteiger partial charge in [0.05, 0.1) is 16.7 Å². The molecule has 1 N–H and O–H groups in total. The van der Waals surface area contributed by atoms with Gasteiger partial charge in [0.2, 0.25) is 6.23 Å². The molecule has 16 heavy (non-hydrogen) atoms. The smallest absolute Gasteiger partial charge is 0.329 e. The number of hydrogen-bond donors (Lipinski definition) is 1. The van der Waals surface area contributed by atoms with E-state index in [1.807, 2.05) is 31.2 Å². The minimum atomic E-state index is -0.316. The van der Waals surface area contributed by atoms with Crippen molar-refractivity contribution >= 4 is 16.7 Å². The Morgan fingerprint density at radius 1 is 1.50 bits per heavy atom. The lowest BCUT2D eigenvalue weighted by molar-refractivity contribution is 0.0330. The Bertz CT molecular complexity index is 623. The minimum absolute atomic E-state index is 0.156. The van der Waals surface area contributed by atoms with Gasteiger partial charge in [-0.25, -0.2) is 4.79 Å². The zero-order valence-electron chi connectivity index (χ0n) is 8.80. The molecule has 0 amide bonds. The number of fused-ring (bicyclic) bond motifs is 1. The van der Waals surface area contributed by atoms with Crippen LogP contribution in [0.5, 0.6) is 0 Å². The van der Waals surface area contributed by atoms with Crippen molar-refractivity contribution in [1.82, 2.24) is 9.55 Å². The van der Waals surface area contributed by atoms with Crippen molar-refractivity contribution in [2.45, 2.75) is 19.6 Å². The summed E-state index contributed by atoms with van der Waals surface area (Å²) in [4.78, 5) is 19.8. The molecule has 5 nitrogen and oxygen atoms in total. The number of imidazole rings is 1. The van der Waals surface area contributed by atoms with Crippen LogP contribution >= 0.6 is 0 Å². The van der Waals surface area contributed by atoms with E-state index in [0.29, 0.717) is 6.42 Å². The number of para-hydroxylation sites is 2.